The molecule has 0 heterocycles. The number of carbonyl (C=O) groups excluding carboxylic acids is 2. The van der Waals surface area contributed by atoms with Gasteiger partial charge in [-0.1, -0.05) is 33.1 Å². The van der Waals surface area contributed by atoms with Crippen molar-refractivity contribution in [3.63, 3.8) is 0 Å². The molecule has 0 radical (unpaired) electrons. The first kappa shape index (κ1) is 19.8. The predicted octanol–water partition coefficient (Wildman–Crippen LogP) is 3.13. The first-order chi connectivity index (χ1) is 10.6. The summed E-state index contributed by atoms with van der Waals surface area (Å²) in [6.07, 6.45) is 3.66. The zero-order valence-electron chi connectivity index (χ0n) is 14.8. The molecule has 132 valence electrons. The van der Waals surface area contributed by atoms with Crippen molar-refractivity contribution in [2.45, 2.75) is 84.7 Å². The lowest BCUT2D eigenvalue weighted by atomic mass is 9.54. The first-order valence-electron chi connectivity index (χ1n) is 8.60. The summed E-state index contributed by atoms with van der Waals surface area (Å²) in [7, 11) is 0. The maximum atomic E-state index is 12.9. The van der Waals surface area contributed by atoms with E-state index in [1.165, 1.54) is 13.8 Å². The molecule has 3 atom stereocenters. The van der Waals surface area contributed by atoms with Crippen LogP contribution in [0.5, 0.6) is 0 Å². The van der Waals surface area contributed by atoms with Crippen molar-refractivity contribution in [3.8, 4) is 0 Å². The van der Waals surface area contributed by atoms with Crippen molar-refractivity contribution in [2.24, 2.45) is 10.8 Å². The molecular formula is C18H30O5. The fraction of sp³-hybridized carbons (Fsp3) is 0.833. The lowest BCUT2D eigenvalue weighted by molar-refractivity contribution is -0.176. The van der Waals surface area contributed by atoms with E-state index < -0.39 is 28.2 Å². The van der Waals surface area contributed by atoms with Crippen LogP contribution in [0.2, 0.25) is 0 Å². The van der Waals surface area contributed by atoms with E-state index in [1.807, 2.05) is 13.8 Å². The maximum Gasteiger partial charge on any atom is 0.317 e. The van der Waals surface area contributed by atoms with E-state index in [1.54, 1.807) is 0 Å². The van der Waals surface area contributed by atoms with E-state index in [0.717, 1.165) is 19.3 Å². The normalized spacial score (nSPS) is 34.4. The minimum absolute atomic E-state index is 0.0320. The Kier molecular flexibility index (Phi) is 6.13. The van der Waals surface area contributed by atoms with E-state index in [9.17, 15) is 24.6 Å². The second-order valence-electron chi connectivity index (χ2n) is 7.51. The second kappa shape index (κ2) is 7.12. The third-order valence-electron chi connectivity index (χ3n) is 5.21. The van der Waals surface area contributed by atoms with Crippen LogP contribution in [-0.2, 0) is 14.4 Å². The number of rotatable bonds is 8. The molecule has 0 aromatic heterocycles. The van der Waals surface area contributed by atoms with Crippen LogP contribution in [0.3, 0.4) is 0 Å². The van der Waals surface area contributed by atoms with Gasteiger partial charge in [-0.05, 0) is 39.5 Å². The summed E-state index contributed by atoms with van der Waals surface area (Å²) < 4.78 is 0. The Bertz CT molecular complexity index is 486. The second-order valence-corrected chi connectivity index (χ2v) is 7.51. The fourth-order valence-corrected chi connectivity index (χ4v) is 3.84. The molecule has 2 N–H and O–H groups in total. The summed E-state index contributed by atoms with van der Waals surface area (Å²) in [4.78, 5) is 37.2. The lowest BCUT2D eigenvalue weighted by Gasteiger charge is -2.48. The third-order valence-corrected chi connectivity index (χ3v) is 5.21. The van der Waals surface area contributed by atoms with Gasteiger partial charge < -0.3 is 10.2 Å². The zero-order chi connectivity index (χ0) is 17.9. The van der Waals surface area contributed by atoms with Gasteiger partial charge in [0.25, 0.3) is 0 Å². The number of carboxylic acid groups (broad SMARTS) is 1. The van der Waals surface area contributed by atoms with Gasteiger partial charge in [0.05, 0.1) is 11.0 Å². The summed E-state index contributed by atoms with van der Waals surface area (Å²) in [5.41, 5.74) is -4.41. The van der Waals surface area contributed by atoms with Gasteiger partial charge in [0, 0.05) is 6.42 Å². The lowest BCUT2D eigenvalue weighted by Crippen LogP contribution is -2.60. The molecule has 1 aliphatic carbocycles. The third kappa shape index (κ3) is 3.82. The molecule has 5 nitrogen and oxygen atoms in total. The van der Waals surface area contributed by atoms with Gasteiger partial charge in [0.1, 0.15) is 11.2 Å². The van der Waals surface area contributed by atoms with Crippen LogP contribution in [0.15, 0.2) is 0 Å². The standard InChI is InChI=1S/C18H30O5/c1-5-7-9-13(19)16(3)11-18(23,10-8-6-2)12-17(4,14(16)20)15(21)22/h23H,5-12H2,1-4H3,(H,21,22)/t16-,17-,18+/m1/s1. The van der Waals surface area contributed by atoms with E-state index in [4.69, 9.17) is 0 Å². The summed E-state index contributed by atoms with van der Waals surface area (Å²) in [6, 6.07) is 0. The molecule has 1 aliphatic rings. The average molecular weight is 326 g/mol. The molecule has 23 heavy (non-hydrogen) atoms. The molecule has 0 unspecified atom stereocenters. The Balaban J connectivity index is 3.24. The van der Waals surface area contributed by atoms with Crippen molar-refractivity contribution >= 4 is 17.5 Å². The maximum absolute atomic E-state index is 12.9. The quantitative estimate of drug-likeness (QED) is 0.669. The highest BCUT2D eigenvalue weighted by atomic mass is 16.4. The molecule has 1 fully saturated rings. The van der Waals surface area contributed by atoms with Crippen molar-refractivity contribution in [1.29, 1.82) is 0 Å². The molecule has 1 rings (SSSR count). The Morgan fingerprint density at radius 1 is 1.04 bits per heavy atom. The van der Waals surface area contributed by atoms with E-state index in [-0.39, 0.29) is 25.0 Å². The summed E-state index contributed by atoms with van der Waals surface area (Å²) in [5, 5.41) is 20.5. The van der Waals surface area contributed by atoms with Crippen LogP contribution in [0, 0.1) is 10.8 Å². The minimum Gasteiger partial charge on any atom is -0.481 e. The van der Waals surface area contributed by atoms with Gasteiger partial charge in [0.15, 0.2) is 5.78 Å². The highest BCUT2D eigenvalue weighted by Gasteiger charge is 2.62. The Morgan fingerprint density at radius 2 is 1.57 bits per heavy atom. The van der Waals surface area contributed by atoms with Gasteiger partial charge in [-0.3, -0.25) is 14.4 Å². The molecule has 0 saturated heterocycles. The van der Waals surface area contributed by atoms with Crippen molar-refractivity contribution in [3.05, 3.63) is 0 Å². The largest absolute Gasteiger partial charge is 0.481 e. The number of aliphatic hydroxyl groups is 1. The van der Waals surface area contributed by atoms with E-state index >= 15 is 0 Å². The molecule has 0 aromatic carbocycles. The molecule has 0 bridgehead atoms. The average Bonchev–Trinajstić information content (AvgIpc) is 2.48. The van der Waals surface area contributed by atoms with Gasteiger partial charge in [-0.15, -0.1) is 0 Å². The van der Waals surface area contributed by atoms with Gasteiger partial charge in [-0.2, -0.15) is 0 Å². The number of hydrogen-bond acceptors (Lipinski definition) is 4. The monoisotopic (exact) mass is 326 g/mol. The number of hydrogen-bond donors (Lipinski definition) is 2. The molecule has 0 spiro atoms. The summed E-state index contributed by atoms with van der Waals surface area (Å²) in [5.74, 6) is -2.06. The zero-order valence-corrected chi connectivity index (χ0v) is 14.8. The SMILES string of the molecule is CCCCC(=O)[C@@]1(C)C[C@@](O)(CCCC)C[C@@](C)(C(=O)O)C1=O. The topological polar surface area (TPSA) is 91.7 Å². The first-order valence-corrected chi connectivity index (χ1v) is 8.60. The van der Waals surface area contributed by atoms with Crippen LogP contribution in [0.25, 0.3) is 0 Å². The number of carboxylic acids is 1. The van der Waals surface area contributed by atoms with E-state index in [0.29, 0.717) is 12.8 Å². The summed E-state index contributed by atoms with van der Waals surface area (Å²) >= 11 is 0. The van der Waals surface area contributed by atoms with Crippen LogP contribution in [-0.4, -0.2) is 33.3 Å². The van der Waals surface area contributed by atoms with E-state index in [2.05, 4.69) is 0 Å². The van der Waals surface area contributed by atoms with Gasteiger partial charge >= 0.3 is 5.97 Å². The number of Topliss-reactive ketones (excluding diaryl/α,β-unsaturated/α-hetero) is 2. The Labute approximate surface area is 138 Å². The molecule has 1 saturated carbocycles. The smallest absolute Gasteiger partial charge is 0.317 e. The minimum atomic E-state index is -1.71. The van der Waals surface area contributed by atoms with Crippen LogP contribution in [0.4, 0.5) is 0 Å². The predicted molar refractivity (Wildman–Crippen MR) is 87.1 cm³/mol. The number of aliphatic carboxylic acids is 1. The molecule has 0 aromatic rings. The van der Waals surface area contributed by atoms with Crippen LogP contribution < -0.4 is 0 Å². The number of ketones is 2. The Hall–Kier alpha value is -1.23. The fourth-order valence-electron chi connectivity index (χ4n) is 3.84. The van der Waals surface area contributed by atoms with Crippen molar-refractivity contribution < 1.29 is 24.6 Å². The summed E-state index contributed by atoms with van der Waals surface area (Å²) in [6.45, 7) is 6.81. The van der Waals surface area contributed by atoms with Crippen LogP contribution in [0.1, 0.15) is 79.1 Å². The van der Waals surface area contributed by atoms with Crippen molar-refractivity contribution in [1.82, 2.24) is 0 Å². The van der Waals surface area contributed by atoms with Crippen LogP contribution >= 0.6 is 0 Å². The van der Waals surface area contributed by atoms with Gasteiger partial charge in [0.2, 0.25) is 0 Å². The Morgan fingerprint density at radius 3 is 2.04 bits per heavy atom. The highest BCUT2D eigenvalue weighted by Crippen LogP contribution is 2.50. The molecule has 0 amide bonds. The molecular weight excluding hydrogens is 296 g/mol. The molecule has 0 aliphatic heterocycles. The highest BCUT2D eigenvalue weighted by molar-refractivity contribution is 6.16. The van der Waals surface area contributed by atoms with Gasteiger partial charge in [-0.25, -0.2) is 0 Å². The molecule has 5 heteroatoms. The number of carbonyl (C=O) groups is 3. The van der Waals surface area contributed by atoms with Crippen molar-refractivity contribution in [2.75, 3.05) is 0 Å². The number of unbranched alkanes of at least 4 members (excludes halogenated alkanes) is 2.